The number of alkyl halides is 1. The lowest BCUT2D eigenvalue weighted by atomic mass is 10.3. The van der Waals surface area contributed by atoms with Crippen molar-refractivity contribution in [3.05, 3.63) is 12.7 Å². The van der Waals surface area contributed by atoms with E-state index in [1.807, 2.05) is 13.0 Å². The highest BCUT2D eigenvalue weighted by Gasteiger charge is 2.01. The van der Waals surface area contributed by atoms with Crippen molar-refractivity contribution >= 4 is 11.6 Å². The molecule has 0 aromatic heterocycles. The Morgan fingerprint density at radius 1 is 1.78 bits per heavy atom. The molecule has 0 fully saturated rings. The zero-order chi connectivity index (χ0) is 7.11. The van der Waals surface area contributed by atoms with Crippen LogP contribution in [0.25, 0.3) is 0 Å². The molecule has 0 spiro atoms. The van der Waals surface area contributed by atoms with Gasteiger partial charge in [-0.1, -0.05) is 6.08 Å². The van der Waals surface area contributed by atoms with Gasteiger partial charge in [-0.15, -0.1) is 18.2 Å². The van der Waals surface area contributed by atoms with Gasteiger partial charge >= 0.3 is 0 Å². The Bertz CT molecular complexity index is 73.3. The maximum atomic E-state index is 5.55. The minimum absolute atomic E-state index is 0.161. The molecule has 1 nitrogen and oxygen atoms in total. The van der Waals surface area contributed by atoms with Gasteiger partial charge in [0.15, 0.2) is 0 Å². The lowest BCUT2D eigenvalue weighted by Crippen LogP contribution is -2.13. The highest BCUT2D eigenvalue weighted by atomic mass is 35.5. The third-order valence-electron chi connectivity index (χ3n) is 1.00. The van der Waals surface area contributed by atoms with Crippen LogP contribution in [0.1, 0.15) is 13.3 Å². The van der Waals surface area contributed by atoms with Crippen molar-refractivity contribution < 1.29 is 4.74 Å². The van der Waals surface area contributed by atoms with E-state index in [9.17, 15) is 0 Å². The number of ether oxygens (including phenoxy) is 1. The van der Waals surface area contributed by atoms with E-state index >= 15 is 0 Å². The van der Waals surface area contributed by atoms with Crippen LogP contribution in [0.3, 0.4) is 0 Å². The Balaban J connectivity index is 3.28. The van der Waals surface area contributed by atoms with E-state index in [1.54, 1.807) is 0 Å². The first-order valence-electron chi connectivity index (χ1n) is 3.13. The van der Waals surface area contributed by atoms with Crippen molar-refractivity contribution in [3.63, 3.8) is 0 Å². The maximum Gasteiger partial charge on any atom is 0.0744 e. The SMILES string of the molecule is C=CCC(CCl)OCC. The first-order valence-corrected chi connectivity index (χ1v) is 3.67. The molecule has 0 saturated heterocycles. The smallest absolute Gasteiger partial charge is 0.0744 e. The summed E-state index contributed by atoms with van der Waals surface area (Å²) < 4.78 is 5.23. The zero-order valence-corrected chi connectivity index (χ0v) is 6.53. The summed E-state index contributed by atoms with van der Waals surface area (Å²) in [5.41, 5.74) is 0. The molecule has 0 amide bonds. The van der Waals surface area contributed by atoms with Crippen LogP contribution >= 0.6 is 11.6 Å². The van der Waals surface area contributed by atoms with E-state index < -0.39 is 0 Å². The summed E-state index contributed by atoms with van der Waals surface area (Å²) in [6.07, 6.45) is 2.83. The Hall–Kier alpha value is -0.0100. The third-order valence-corrected chi connectivity index (χ3v) is 1.35. The molecule has 0 radical (unpaired) electrons. The number of hydrogen-bond acceptors (Lipinski definition) is 1. The van der Waals surface area contributed by atoms with E-state index in [4.69, 9.17) is 16.3 Å². The number of halogens is 1. The summed E-state index contributed by atoms with van der Waals surface area (Å²) in [7, 11) is 0. The van der Waals surface area contributed by atoms with Gasteiger partial charge in [0, 0.05) is 12.5 Å². The van der Waals surface area contributed by atoms with E-state index in [-0.39, 0.29) is 6.10 Å². The predicted octanol–water partition coefficient (Wildman–Crippen LogP) is 2.21. The van der Waals surface area contributed by atoms with Crippen LogP contribution in [0.15, 0.2) is 12.7 Å². The Morgan fingerprint density at radius 2 is 2.44 bits per heavy atom. The standard InChI is InChI=1S/C7H13ClO/c1-3-5-7(6-8)9-4-2/h3,7H,1,4-6H2,2H3. The fraction of sp³-hybridized carbons (Fsp3) is 0.714. The number of hydrogen-bond donors (Lipinski definition) is 0. The molecular weight excluding hydrogens is 136 g/mol. The van der Waals surface area contributed by atoms with E-state index in [2.05, 4.69) is 6.58 Å². The Morgan fingerprint density at radius 3 is 2.78 bits per heavy atom. The molecule has 0 bridgehead atoms. The summed E-state index contributed by atoms with van der Waals surface area (Å²) >= 11 is 5.55. The van der Waals surface area contributed by atoms with Gasteiger partial charge in [-0.05, 0) is 13.3 Å². The van der Waals surface area contributed by atoms with Crippen LogP contribution < -0.4 is 0 Å². The largest absolute Gasteiger partial charge is 0.377 e. The van der Waals surface area contributed by atoms with Crippen molar-refractivity contribution in [2.75, 3.05) is 12.5 Å². The second-order valence-corrected chi connectivity index (χ2v) is 2.06. The van der Waals surface area contributed by atoms with Crippen LogP contribution in [-0.4, -0.2) is 18.6 Å². The van der Waals surface area contributed by atoms with Gasteiger partial charge in [-0.2, -0.15) is 0 Å². The predicted molar refractivity (Wildman–Crippen MR) is 40.9 cm³/mol. The van der Waals surface area contributed by atoms with Crippen LogP contribution in [0.5, 0.6) is 0 Å². The van der Waals surface area contributed by atoms with Gasteiger partial charge in [-0.3, -0.25) is 0 Å². The average molecular weight is 149 g/mol. The topological polar surface area (TPSA) is 9.23 Å². The van der Waals surface area contributed by atoms with Crippen LogP contribution in [0, 0.1) is 0 Å². The van der Waals surface area contributed by atoms with Crippen LogP contribution in [-0.2, 0) is 4.74 Å². The molecule has 0 aliphatic heterocycles. The summed E-state index contributed by atoms with van der Waals surface area (Å²) in [6.45, 7) is 6.28. The highest BCUT2D eigenvalue weighted by molar-refractivity contribution is 6.18. The average Bonchev–Trinajstić information content (AvgIpc) is 1.88. The van der Waals surface area contributed by atoms with Crippen LogP contribution in [0.2, 0.25) is 0 Å². The Kier molecular flexibility index (Phi) is 6.11. The molecule has 0 aromatic carbocycles. The van der Waals surface area contributed by atoms with E-state index in [0.29, 0.717) is 5.88 Å². The fourth-order valence-corrected chi connectivity index (χ4v) is 0.812. The summed E-state index contributed by atoms with van der Waals surface area (Å²) in [5, 5.41) is 0. The van der Waals surface area contributed by atoms with Gasteiger partial charge in [0.25, 0.3) is 0 Å². The molecule has 9 heavy (non-hydrogen) atoms. The van der Waals surface area contributed by atoms with Crippen molar-refractivity contribution in [1.29, 1.82) is 0 Å². The second-order valence-electron chi connectivity index (χ2n) is 1.76. The minimum atomic E-state index is 0.161. The normalized spacial score (nSPS) is 13.1. The summed E-state index contributed by atoms with van der Waals surface area (Å²) in [6, 6.07) is 0. The molecule has 0 aromatic rings. The number of rotatable bonds is 5. The summed E-state index contributed by atoms with van der Waals surface area (Å²) in [4.78, 5) is 0. The van der Waals surface area contributed by atoms with Gasteiger partial charge in [-0.25, -0.2) is 0 Å². The molecule has 2 heteroatoms. The first-order chi connectivity index (χ1) is 4.35. The molecule has 0 aliphatic rings. The zero-order valence-electron chi connectivity index (χ0n) is 5.77. The van der Waals surface area contributed by atoms with Crippen molar-refractivity contribution in [3.8, 4) is 0 Å². The first kappa shape index (κ1) is 8.99. The molecule has 1 atom stereocenters. The van der Waals surface area contributed by atoms with Gasteiger partial charge in [0.2, 0.25) is 0 Å². The van der Waals surface area contributed by atoms with Crippen molar-refractivity contribution in [2.24, 2.45) is 0 Å². The van der Waals surface area contributed by atoms with Crippen molar-refractivity contribution in [2.45, 2.75) is 19.4 Å². The van der Waals surface area contributed by atoms with Gasteiger partial charge < -0.3 is 4.74 Å². The third kappa shape index (κ3) is 4.49. The quantitative estimate of drug-likeness (QED) is 0.429. The molecule has 54 valence electrons. The molecule has 0 aliphatic carbocycles. The highest BCUT2D eigenvalue weighted by Crippen LogP contribution is 2.00. The molecule has 0 saturated carbocycles. The van der Waals surface area contributed by atoms with Gasteiger partial charge in [0.05, 0.1) is 6.10 Å². The second kappa shape index (κ2) is 6.12. The lowest BCUT2D eigenvalue weighted by molar-refractivity contribution is 0.0811. The molecule has 0 rings (SSSR count). The van der Waals surface area contributed by atoms with E-state index in [1.165, 1.54) is 0 Å². The molecule has 1 unspecified atom stereocenters. The van der Waals surface area contributed by atoms with Gasteiger partial charge in [0.1, 0.15) is 0 Å². The maximum absolute atomic E-state index is 5.55. The molecule has 0 heterocycles. The summed E-state index contributed by atoms with van der Waals surface area (Å²) in [5.74, 6) is 0.555. The minimum Gasteiger partial charge on any atom is -0.377 e. The van der Waals surface area contributed by atoms with Crippen molar-refractivity contribution in [1.82, 2.24) is 0 Å². The molecule has 0 N–H and O–H groups in total. The fourth-order valence-electron chi connectivity index (χ4n) is 0.597. The molecular formula is C7H13ClO. The van der Waals surface area contributed by atoms with E-state index in [0.717, 1.165) is 13.0 Å². The Labute approximate surface area is 61.7 Å². The monoisotopic (exact) mass is 148 g/mol. The van der Waals surface area contributed by atoms with Crippen LogP contribution in [0.4, 0.5) is 0 Å². The lowest BCUT2D eigenvalue weighted by Gasteiger charge is -2.09.